The predicted molar refractivity (Wildman–Crippen MR) is 50.9 cm³/mol. The molecule has 68 valence electrons. The van der Waals surface area contributed by atoms with Crippen molar-refractivity contribution in [1.82, 2.24) is 0 Å². The zero-order valence-corrected chi connectivity index (χ0v) is 6.90. The summed E-state index contributed by atoms with van der Waals surface area (Å²) in [5.74, 6) is 4.22. The van der Waals surface area contributed by atoms with Crippen LogP contribution >= 0.6 is 0 Å². The summed E-state index contributed by atoms with van der Waals surface area (Å²) in [4.78, 5) is 10.2. The van der Waals surface area contributed by atoms with Crippen LogP contribution in [0, 0.1) is 0 Å². The first kappa shape index (κ1) is 9.28. The minimum atomic E-state index is -0.967. The smallest absolute Gasteiger partial charge is 0.328 e. The molecule has 0 heterocycles. The largest absolute Gasteiger partial charge is 0.478 e. The third kappa shape index (κ3) is 2.96. The second-order valence-corrected chi connectivity index (χ2v) is 2.44. The van der Waals surface area contributed by atoms with E-state index in [1.165, 1.54) is 6.08 Å². The van der Waals surface area contributed by atoms with Crippen molar-refractivity contribution >= 4 is 17.7 Å². The van der Waals surface area contributed by atoms with E-state index >= 15 is 0 Å². The molecule has 0 atom stereocenters. The van der Waals surface area contributed by atoms with Crippen LogP contribution in [-0.4, -0.2) is 11.1 Å². The van der Waals surface area contributed by atoms with E-state index < -0.39 is 5.97 Å². The van der Waals surface area contributed by atoms with Gasteiger partial charge in [0.2, 0.25) is 0 Å². The highest BCUT2D eigenvalue weighted by Crippen LogP contribution is 2.10. The van der Waals surface area contributed by atoms with Gasteiger partial charge in [-0.2, -0.15) is 0 Å². The van der Waals surface area contributed by atoms with Gasteiger partial charge < -0.3 is 10.5 Å². The molecular formula is C9H10N2O2. The highest BCUT2D eigenvalue weighted by atomic mass is 16.4. The van der Waals surface area contributed by atoms with E-state index in [0.29, 0.717) is 0 Å². The van der Waals surface area contributed by atoms with Gasteiger partial charge in [0, 0.05) is 11.8 Å². The monoisotopic (exact) mass is 178 g/mol. The van der Waals surface area contributed by atoms with Crippen LogP contribution in [-0.2, 0) is 4.79 Å². The lowest BCUT2D eigenvalue weighted by atomic mass is 10.2. The summed E-state index contributed by atoms with van der Waals surface area (Å²) >= 11 is 0. The number of rotatable bonds is 3. The standard InChI is InChI=1S/C9H10N2O2/c10-11-8-3-1-2-7(6-8)4-5-9(12)13/h1-6,11H,10H2,(H,12,13)/b5-4+. The average Bonchev–Trinajstić information content (AvgIpc) is 2.15. The second kappa shape index (κ2) is 4.27. The van der Waals surface area contributed by atoms with Gasteiger partial charge in [-0.3, -0.25) is 5.84 Å². The number of nitrogen functional groups attached to an aromatic ring is 1. The van der Waals surface area contributed by atoms with E-state index in [1.54, 1.807) is 24.3 Å². The SMILES string of the molecule is NNc1cccc(/C=C/C(=O)O)c1. The van der Waals surface area contributed by atoms with Crippen molar-refractivity contribution < 1.29 is 9.90 Å². The Balaban J connectivity index is 2.83. The Labute approximate surface area is 75.7 Å². The van der Waals surface area contributed by atoms with Crippen LogP contribution in [0.3, 0.4) is 0 Å². The zero-order chi connectivity index (χ0) is 9.68. The van der Waals surface area contributed by atoms with Gasteiger partial charge in [-0.05, 0) is 23.8 Å². The van der Waals surface area contributed by atoms with E-state index in [1.807, 2.05) is 0 Å². The molecule has 0 fully saturated rings. The van der Waals surface area contributed by atoms with Crippen LogP contribution in [0.5, 0.6) is 0 Å². The van der Waals surface area contributed by atoms with Crippen LogP contribution < -0.4 is 11.3 Å². The molecule has 0 unspecified atom stereocenters. The van der Waals surface area contributed by atoms with Gasteiger partial charge in [0.25, 0.3) is 0 Å². The summed E-state index contributed by atoms with van der Waals surface area (Å²) in [7, 11) is 0. The van der Waals surface area contributed by atoms with Gasteiger partial charge in [-0.15, -0.1) is 0 Å². The summed E-state index contributed by atoms with van der Waals surface area (Å²) in [5, 5.41) is 8.37. The zero-order valence-electron chi connectivity index (χ0n) is 6.90. The molecule has 0 aliphatic heterocycles. The number of anilines is 1. The summed E-state index contributed by atoms with van der Waals surface area (Å²) < 4.78 is 0. The molecule has 1 rings (SSSR count). The van der Waals surface area contributed by atoms with E-state index in [4.69, 9.17) is 10.9 Å². The van der Waals surface area contributed by atoms with Crippen molar-refractivity contribution in [3.05, 3.63) is 35.9 Å². The van der Waals surface area contributed by atoms with Crippen LogP contribution in [0.2, 0.25) is 0 Å². The highest BCUT2D eigenvalue weighted by molar-refractivity contribution is 5.85. The maximum absolute atomic E-state index is 10.2. The third-order valence-corrected chi connectivity index (χ3v) is 1.47. The molecule has 13 heavy (non-hydrogen) atoms. The third-order valence-electron chi connectivity index (χ3n) is 1.47. The Morgan fingerprint density at radius 1 is 1.54 bits per heavy atom. The summed E-state index contributed by atoms with van der Waals surface area (Å²) in [6, 6.07) is 7.12. The molecule has 0 radical (unpaired) electrons. The number of carbonyl (C=O) groups is 1. The number of nitrogens with one attached hydrogen (secondary N) is 1. The van der Waals surface area contributed by atoms with Crippen LogP contribution in [0.25, 0.3) is 6.08 Å². The Kier molecular flexibility index (Phi) is 3.05. The minimum Gasteiger partial charge on any atom is -0.478 e. The topological polar surface area (TPSA) is 75.3 Å². The Morgan fingerprint density at radius 2 is 2.31 bits per heavy atom. The molecule has 0 aromatic heterocycles. The lowest BCUT2D eigenvalue weighted by Crippen LogP contribution is -2.06. The van der Waals surface area contributed by atoms with Crippen LogP contribution in [0.15, 0.2) is 30.3 Å². The van der Waals surface area contributed by atoms with E-state index in [9.17, 15) is 4.79 Å². The fourth-order valence-electron chi connectivity index (χ4n) is 0.900. The molecule has 0 spiro atoms. The average molecular weight is 178 g/mol. The van der Waals surface area contributed by atoms with Crippen LogP contribution in [0.1, 0.15) is 5.56 Å². The lowest BCUT2D eigenvalue weighted by Gasteiger charge is -1.99. The molecule has 0 aliphatic rings. The Bertz CT molecular complexity index is 334. The highest BCUT2D eigenvalue weighted by Gasteiger charge is 1.91. The van der Waals surface area contributed by atoms with Crippen molar-refractivity contribution in [2.75, 3.05) is 5.43 Å². The first-order valence-electron chi connectivity index (χ1n) is 3.70. The fourth-order valence-corrected chi connectivity index (χ4v) is 0.900. The van der Waals surface area contributed by atoms with E-state index in [0.717, 1.165) is 17.3 Å². The van der Waals surface area contributed by atoms with Crippen molar-refractivity contribution in [2.24, 2.45) is 5.84 Å². The van der Waals surface area contributed by atoms with Gasteiger partial charge in [-0.1, -0.05) is 12.1 Å². The molecule has 0 saturated heterocycles. The first-order valence-corrected chi connectivity index (χ1v) is 3.70. The Hall–Kier alpha value is -1.81. The number of aliphatic carboxylic acids is 1. The molecule has 0 bridgehead atoms. The molecule has 4 heteroatoms. The number of hydrazine groups is 1. The molecule has 0 amide bonds. The Morgan fingerprint density at radius 3 is 2.92 bits per heavy atom. The van der Waals surface area contributed by atoms with Crippen molar-refractivity contribution in [2.45, 2.75) is 0 Å². The van der Waals surface area contributed by atoms with Crippen molar-refractivity contribution in [1.29, 1.82) is 0 Å². The molecule has 1 aromatic carbocycles. The minimum absolute atomic E-state index is 0.743. The summed E-state index contributed by atoms with van der Waals surface area (Å²) in [6.45, 7) is 0. The predicted octanol–water partition coefficient (Wildman–Crippen LogP) is 1.07. The number of nitrogens with two attached hydrogens (primary N) is 1. The summed E-state index contributed by atoms with van der Waals surface area (Å²) in [6.07, 6.45) is 2.58. The van der Waals surface area contributed by atoms with Crippen molar-refractivity contribution in [3.8, 4) is 0 Å². The van der Waals surface area contributed by atoms with Gasteiger partial charge in [-0.25, -0.2) is 4.79 Å². The first-order chi connectivity index (χ1) is 6.22. The molecule has 4 N–H and O–H groups in total. The maximum Gasteiger partial charge on any atom is 0.328 e. The summed E-state index contributed by atoms with van der Waals surface area (Å²) in [5.41, 5.74) is 4.01. The number of carboxylic acid groups (broad SMARTS) is 1. The molecule has 0 saturated carbocycles. The fraction of sp³-hybridized carbons (Fsp3) is 0. The van der Waals surface area contributed by atoms with Gasteiger partial charge in [0.1, 0.15) is 0 Å². The second-order valence-electron chi connectivity index (χ2n) is 2.44. The van der Waals surface area contributed by atoms with E-state index in [-0.39, 0.29) is 0 Å². The molecular weight excluding hydrogens is 168 g/mol. The normalized spacial score (nSPS) is 10.2. The quantitative estimate of drug-likeness (QED) is 0.367. The van der Waals surface area contributed by atoms with Gasteiger partial charge in [0.15, 0.2) is 0 Å². The molecule has 0 aliphatic carbocycles. The van der Waals surface area contributed by atoms with Gasteiger partial charge >= 0.3 is 5.97 Å². The van der Waals surface area contributed by atoms with E-state index in [2.05, 4.69) is 5.43 Å². The lowest BCUT2D eigenvalue weighted by molar-refractivity contribution is -0.131. The molecule has 4 nitrogen and oxygen atoms in total. The number of hydrogen-bond acceptors (Lipinski definition) is 3. The number of benzene rings is 1. The van der Waals surface area contributed by atoms with Gasteiger partial charge in [0.05, 0.1) is 0 Å². The van der Waals surface area contributed by atoms with Crippen molar-refractivity contribution in [3.63, 3.8) is 0 Å². The molecule has 1 aromatic rings. The number of hydrogen-bond donors (Lipinski definition) is 3. The maximum atomic E-state index is 10.2. The number of carboxylic acids is 1. The van der Waals surface area contributed by atoms with Crippen LogP contribution in [0.4, 0.5) is 5.69 Å².